The highest BCUT2D eigenvalue weighted by Crippen LogP contribution is 2.36. The Morgan fingerprint density at radius 1 is 1.26 bits per heavy atom. The number of phenolic OH excluding ortho intramolecular Hbond substituents is 1. The second kappa shape index (κ2) is 5.16. The van der Waals surface area contributed by atoms with Crippen molar-refractivity contribution >= 4 is 17.3 Å². The molecule has 0 aliphatic heterocycles. The normalized spacial score (nSPS) is 10.2. The van der Waals surface area contributed by atoms with Crippen molar-refractivity contribution in [1.29, 1.82) is 0 Å². The van der Waals surface area contributed by atoms with E-state index in [4.69, 9.17) is 16.3 Å². The van der Waals surface area contributed by atoms with Crippen LogP contribution in [0.2, 0.25) is 5.02 Å². The summed E-state index contributed by atoms with van der Waals surface area (Å²) >= 11 is 5.86. The van der Waals surface area contributed by atoms with E-state index < -0.39 is 4.92 Å². The zero-order valence-electron chi connectivity index (χ0n) is 9.96. The predicted octanol–water partition coefficient (Wildman–Crippen LogP) is 3.63. The van der Waals surface area contributed by atoms with Gasteiger partial charge in [0.05, 0.1) is 12.0 Å². The molecule has 6 heteroatoms. The zero-order chi connectivity index (χ0) is 14.0. The summed E-state index contributed by atoms with van der Waals surface area (Å²) in [6.07, 6.45) is 0. The Labute approximate surface area is 114 Å². The van der Waals surface area contributed by atoms with Gasteiger partial charge in [-0.25, -0.2) is 0 Å². The van der Waals surface area contributed by atoms with E-state index in [2.05, 4.69) is 0 Å². The van der Waals surface area contributed by atoms with Gasteiger partial charge in [0.15, 0.2) is 5.75 Å². The van der Waals surface area contributed by atoms with E-state index in [1.54, 1.807) is 24.3 Å². The topological polar surface area (TPSA) is 72.6 Å². The van der Waals surface area contributed by atoms with E-state index in [9.17, 15) is 15.2 Å². The quantitative estimate of drug-likeness (QED) is 0.688. The van der Waals surface area contributed by atoms with Gasteiger partial charge in [-0.15, -0.1) is 0 Å². The number of halogens is 1. The molecule has 0 saturated heterocycles. The van der Waals surface area contributed by atoms with Crippen LogP contribution in [0.4, 0.5) is 5.69 Å². The van der Waals surface area contributed by atoms with Crippen LogP contribution in [0.5, 0.6) is 11.5 Å². The van der Waals surface area contributed by atoms with E-state index in [0.717, 1.165) is 0 Å². The molecule has 0 aromatic heterocycles. The van der Waals surface area contributed by atoms with Gasteiger partial charge < -0.3 is 9.84 Å². The summed E-state index contributed by atoms with van der Waals surface area (Å²) < 4.78 is 5.19. The SMILES string of the molecule is COc1cc(Cl)ccc1-c1ccc(O)c([N+](=O)[O-])c1. The van der Waals surface area contributed by atoms with Gasteiger partial charge in [-0.1, -0.05) is 17.7 Å². The minimum atomic E-state index is -0.638. The lowest BCUT2D eigenvalue weighted by Gasteiger charge is -2.09. The third kappa shape index (κ3) is 2.61. The first-order valence-electron chi connectivity index (χ1n) is 5.34. The number of nitrogens with zero attached hydrogens (tertiary/aromatic N) is 1. The molecular weight excluding hydrogens is 270 g/mol. The van der Waals surface area contributed by atoms with Crippen molar-refractivity contribution in [1.82, 2.24) is 0 Å². The van der Waals surface area contributed by atoms with Crippen LogP contribution >= 0.6 is 11.6 Å². The smallest absolute Gasteiger partial charge is 0.311 e. The predicted molar refractivity (Wildman–Crippen MR) is 71.8 cm³/mol. The lowest BCUT2D eigenvalue weighted by molar-refractivity contribution is -0.385. The molecule has 2 aromatic carbocycles. The lowest BCUT2D eigenvalue weighted by Crippen LogP contribution is -1.91. The third-order valence-electron chi connectivity index (χ3n) is 2.65. The summed E-state index contributed by atoms with van der Waals surface area (Å²) in [5.41, 5.74) is 0.877. The molecule has 0 fully saturated rings. The van der Waals surface area contributed by atoms with Crippen LogP contribution in [0.25, 0.3) is 11.1 Å². The molecule has 2 rings (SSSR count). The molecule has 0 amide bonds. The van der Waals surface area contributed by atoms with Crippen molar-refractivity contribution in [3.63, 3.8) is 0 Å². The first-order chi connectivity index (χ1) is 9.02. The van der Waals surface area contributed by atoms with Gasteiger partial charge in [-0.2, -0.15) is 0 Å². The molecule has 19 heavy (non-hydrogen) atoms. The van der Waals surface area contributed by atoms with Crippen molar-refractivity contribution < 1.29 is 14.8 Å². The molecule has 1 N–H and O–H groups in total. The van der Waals surface area contributed by atoms with E-state index in [1.807, 2.05) is 0 Å². The van der Waals surface area contributed by atoms with E-state index in [0.29, 0.717) is 21.9 Å². The van der Waals surface area contributed by atoms with Crippen molar-refractivity contribution in [3.8, 4) is 22.6 Å². The average molecular weight is 280 g/mol. The van der Waals surface area contributed by atoms with Gasteiger partial charge in [0.2, 0.25) is 0 Å². The van der Waals surface area contributed by atoms with Crippen molar-refractivity contribution in [2.24, 2.45) is 0 Å². The standard InChI is InChI=1S/C13H10ClNO4/c1-19-13-7-9(14)3-4-10(13)8-2-5-12(16)11(6-8)15(17)18/h2-7,16H,1H3. The van der Waals surface area contributed by atoms with Crippen LogP contribution in [0.1, 0.15) is 0 Å². The van der Waals surface area contributed by atoms with Crippen molar-refractivity contribution in [2.75, 3.05) is 7.11 Å². The molecule has 5 nitrogen and oxygen atoms in total. The van der Waals surface area contributed by atoms with Crippen LogP contribution in [-0.4, -0.2) is 17.1 Å². The largest absolute Gasteiger partial charge is 0.502 e. The molecule has 98 valence electrons. The monoisotopic (exact) mass is 279 g/mol. The highest BCUT2D eigenvalue weighted by atomic mass is 35.5. The van der Waals surface area contributed by atoms with Crippen LogP contribution in [-0.2, 0) is 0 Å². The van der Waals surface area contributed by atoms with E-state index in [-0.39, 0.29) is 11.4 Å². The van der Waals surface area contributed by atoms with Gasteiger partial charge in [-0.05, 0) is 29.8 Å². The number of nitro groups is 1. The Hall–Kier alpha value is -2.27. The van der Waals surface area contributed by atoms with Gasteiger partial charge in [0, 0.05) is 16.7 Å². The number of phenols is 1. The molecular formula is C13H10ClNO4. The molecule has 0 radical (unpaired) electrons. The number of methoxy groups -OCH3 is 1. The molecule has 0 spiro atoms. The van der Waals surface area contributed by atoms with Crippen molar-refractivity contribution in [3.05, 3.63) is 51.5 Å². The van der Waals surface area contributed by atoms with Gasteiger partial charge in [0.25, 0.3) is 0 Å². The molecule has 0 aliphatic rings. The first-order valence-corrected chi connectivity index (χ1v) is 5.72. The number of ether oxygens (including phenoxy) is 1. The highest BCUT2D eigenvalue weighted by molar-refractivity contribution is 6.30. The summed E-state index contributed by atoms with van der Waals surface area (Å²) in [4.78, 5) is 10.2. The molecule has 2 aromatic rings. The van der Waals surface area contributed by atoms with Crippen LogP contribution in [0, 0.1) is 10.1 Å². The fraction of sp³-hybridized carbons (Fsp3) is 0.0769. The number of benzene rings is 2. The highest BCUT2D eigenvalue weighted by Gasteiger charge is 2.16. The maximum Gasteiger partial charge on any atom is 0.311 e. The van der Waals surface area contributed by atoms with Crippen LogP contribution in [0.3, 0.4) is 0 Å². The fourth-order valence-corrected chi connectivity index (χ4v) is 1.90. The second-order valence-electron chi connectivity index (χ2n) is 3.81. The van der Waals surface area contributed by atoms with E-state index in [1.165, 1.54) is 19.2 Å². The summed E-state index contributed by atoms with van der Waals surface area (Å²) in [6.45, 7) is 0. The molecule has 0 heterocycles. The number of nitro benzene ring substituents is 1. The van der Waals surface area contributed by atoms with Gasteiger partial charge in [-0.3, -0.25) is 10.1 Å². The Bertz CT molecular complexity index is 643. The Morgan fingerprint density at radius 3 is 2.63 bits per heavy atom. The second-order valence-corrected chi connectivity index (χ2v) is 4.24. The maximum absolute atomic E-state index is 10.8. The summed E-state index contributed by atoms with van der Waals surface area (Å²) in [5, 5.41) is 20.7. The lowest BCUT2D eigenvalue weighted by atomic mass is 10.0. The summed E-state index contributed by atoms with van der Waals surface area (Å²) in [7, 11) is 1.49. The van der Waals surface area contributed by atoms with Crippen LogP contribution in [0.15, 0.2) is 36.4 Å². The first kappa shape index (κ1) is 13.2. The third-order valence-corrected chi connectivity index (χ3v) is 2.88. The van der Waals surface area contributed by atoms with Gasteiger partial charge in [0.1, 0.15) is 5.75 Å². The Balaban J connectivity index is 2.59. The summed E-state index contributed by atoms with van der Waals surface area (Å²) in [6, 6.07) is 9.14. The molecule has 0 saturated carbocycles. The molecule has 0 atom stereocenters. The minimum absolute atomic E-state index is 0.352. The summed E-state index contributed by atoms with van der Waals surface area (Å²) in [5.74, 6) is 0.133. The molecule has 0 unspecified atom stereocenters. The number of hydrogen-bond donors (Lipinski definition) is 1. The van der Waals surface area contributed by atoms with Crippen molar-refractivity contribution in [2.45, 2.75) is 0 Å². The zero-order valence-corrected chi connectivity index (χ0v) is 10.7. The number of aromatic hydroxyl groups is 1. The van der Waals surface area contributed by atoms with E-state index >= 15 is 0 Å². The minimum Gasteiger partial charge on any atom is -0.502 e. The maximum atomic E-state index is 10.8. The molecule has 0 aliphatic carbocycles. The van der Waals surface area contributed by atoms with Crippen LogP contribution < -0.4 is 4.74 Å². The molecule has 0 bridgehead atoms. The van der Waals surface area contributed by atoms with Gasteiger partial charge >= 0.3 is 5.69 Å². The Kier molecular flexibility index (Phi) is 3.57. The number of rotatable bonds is 3. The average Bonchev–Trinajstić information content (AvgIpc) is 2.39. The number of hydrogen-bond acceptors (Lipinski definition) is 4. The fourth-order valence-electron chi connectivity index (χ4n) is 1.74. The Morgan fingerprint density at radius 2 is 2.00 bits per heavy atom.